The molecule has 8 aromatic carbocycles. The molecule has 0 atom stereocenters. The second kappa shape index (κ2) is 45.7. The number of carboxylic acid groups (broad SMARTS) is 1. The van der Waals surface area contributed by atoms with Gasteiger partial charge in [0.05, 0.1) is 90.0 Å². The van der Waals surface area contributed by atoms with E-state index in [1.54, 1.807) is 48.5 Å². The van der Waals surface area contributed by atoms with Crippen LogP contribution in [-0.4, -0.2) is 115 Å². The Hall–Kier alpha value is -12.9. The number of ketones is 3. The van der Waals surface area contributed by atoms with Crippen LogP contribution >= 0.6 is 47.2 Å². The highest BCUT2D eigenvalue weighted by molar-refractivity contribution is 6.31. The van der Waals surface area contributed by atoms with Gasteiger partial charge in [-0.1, -0.05) is 71.2 Å². The first-order valence-electron chi connectivity index (χ1n) is 34.7. The van der Waals surface area contributed by atoms with Crippen molar-refractivity contribution in [1.29, 1.82) is 0 Å². The number of nitrogens with two attached hydrogens (primary N) is 2. The number of nitrogen functional groups attached to an aromatic ring is 1. The molecule has 0 saturated carbocycles. The van der Waals surface area contributed by atoms with Gasteiger partial charge in [-0.3, -0.25) is 24.5 Å². The van der Waals surface area contributed by atoms with Gasteiger partial charge in [-0.15, -0.1) is 12.4 Å². The number of hydrogen-bond donors (Lipinski definition) is 3. The standard InChI is InChI=1S/C22H17ClF4N2O3.C21H15ClF4N2O3.C11H9ClF3N3.C11H11FO3.C8H6FNO4.C8H8FNO2.ClH/c1-32-21(31)18-8-5-13(10-19(18)24)9-17(30)7-6-16-12-20(22(25,26)27)28-29(16)15-4-2-3-14(23)11-15;22-13-2-1-3-14(10-13)28-15(11-19(27-28)21(24,25)26)5-6-16(29)8-12-4-7-17(20(30)31)18(23)9-12;12-7-2-1-3-8(4-7)18-9(6-16)5-10(17-18)11(13,14)15;1-7(13)5-8-3-4-9(10(12)6-8)11(14)15-2;1-14-8(11)6-3-2-5(10(12)13)4-7(6)9;1-12-8(11)6-3-2-5(10)4-7(6)9;/h2-5,8,10-12H,6-7,9H2,1H3;1-4,7,9-11H,5-6,8H2,(H,30,31);1-5H,6,16H2;3-4,6H,5H2,1-2H3;2-4H,1H3;2-4H,10H2,1H3;1H. The summed E-state index contributed by atoms with van der Waals surface area (Å²) in [4.78, 5) is 100. The quantitative estimate of drug-likeness (QED) is 0.0142. The number of aromatic carboxylic acids is 1. The molecule has 0 aliphatic carbocycles. The Kier molecular flexibility index (Phi) is 37.4. The molecule has 0 saturated heterocycles. The summed E-state index contributed by atoms with van der Waals surface area (Å²) in [5, 5.41) is 30.9. The number of halogens is 18. The Morgan fingerprint density at radius 1 is 0.431 bits per heavy atom. The Balaban J connectivity index is 0.000000273. The molecular weight excluding hydrogens is 1750 g/mol. The number of Topliss-reactive ketones (excluding diaryl/α,β-unsaturated/α-hetero) is 3. The van der Waals surface area contributed by atoms with E-state index in [-0.39, 0.29) is 132 Å². The van der Waals surface area contributed by atoms with Crippen molar-refractivity contribution in [2.24, 2.45) is 5.73 Å². The third kappa shape index (κ3) is 30.0. The molecule has 3 heterocycles. The normalized spacial score (nSPS) is 10.8. The predicted molar refractivity (Wildman–Crippen MR) is 420 cm³/mol. The number of anilines is 1. The van der Waals surface area contributed by atoms with Crippen molar-refractivity contribution < 1.29 is 129 Å². The number of methoxy groups -OCH3 is 4. The number of nitro groups is 1. The molecule has 11 rings (SSSR count). The number of alkyl halides is 9. The van der Waals surface area contributed by atoms with E-state index in [0.717, 1.165) is 82.9 Å². The first-order chi connectivity index (χ1) is 57.3. The van der Waals surface area contributed by atoms with E-state index < -0.39 is 111 Å². The smallest absolute Gasteiger partial charge is 0.435 e. The Morgan fingerprint density at radius 2 is 0.732 bits per heavy atom. The van der Waals surface area contributed by atoms with Gasteiger partial charge in [0.15, 0.2) is 17.1 Å². The number of ether oxygens (including phenoxy) is 4. The lowest BCUT2D eigenvalue weighted by Gasteiger charge is -2.08. The molecule has 0 bridgehead atoms. The Morgan fingerprint density at radius 3 is 1.02 bits per heavy atom. The number of rotatable bonds is 22. The second-order valence-electron chi connectivity index (χ2n) is 25.1. The summed E-state index contributed by atoms with van der Waals surface area (Å²) in [5.41, 5.74) is 8.96. The maximum Gasteiger partial charge on any atom is 0.435 e. The van der Waals surface area contributed by atoms with Crippen LogP contribution in [0.4, 0.5) is 72.8 Å². The number of esters is 4. The average Bonchev–Trinajstić information content (AvgIpc) is 1.68. The molecule has 0 fully saturated rings. The molecule has 652 valence electrons. The number of aromatic nitrogens is 6. The minimum atomic E-state index is -4.66. The molecule has 0 unspecified atom stereocenters. The van der Waals surface area contributed by atoms with E-state index >= 15 is 0 Å². The maximum absolute atomic E-state index is 14.0. The van der Waals surface area contributed by atoms with Gasteiger partial charge in [-0.05, 0) is 170 Å². The van der Waals surface area contributed by atoms with Crippen LogP contribution in [0.15, 0.2) is 182 Å². The number of carboxylic acids is 1. The second-order valence-corrected chi connectivity index (χ2v) is 26.4. The molecule has 123 heavy (non-hydrogen) atoms. The van der Waals surface area contributed by atoms with E-state index in [2.05, 4.69) is 34.2 Å². The summed E-state index contributed by atoms with van der Waals surface area (Å²) in [6, 6.07) is 39.0. The molecule has 0 radical (unpaired) electrons. The number of carbonyl (C=O) groups is 8. The molecule has 3 aromatic heterocycles. The SMILES string of the molecule is COC(=O)c1ccc(CC(=O)CCc2cc(C(F)(F)F)nn2-c2cccc(Cl)c2)cc1F.COC(=O)c1ccc(CC(C)=O)cc1F.COC(=O)c1ccc(N)cc1F.COC(=O)c1ccc([N+](=O)[O-])cc1F.Cl.NCc1cc(C(F)(F)F)nn1-c1cccc(Cl)c1.O=C(CCc1cc(C(F)(F)F)nn1-c1cccc(Cl)c1)Cc1ccc(C(=O)O)c(F)c1. The number of nitrogens with zero attached hydrogens (tertiary/aromatic N) is 7. The maximum atomic E-state index is 14.0. The van der Waals surface area contributed by atoms with Crippen molar-refractivity contribution in [3.05, 3.63) is 315 Å². The molecule has 42 heteroatoms. The van der Waals surface area contributed by atoms with Crippen LogP contribution in [-0.2, 0) is 90.5 Å². The average molecular weight is 1810 g/mol. The van der Waals surface area contributed by atoms with E-state index in [9.17, 15) is 110 Å². The van der Waals surface area contributed by atoms with Gasteiger partial charge in [0.25, 0.3) is 5.69 Å². The summed E-state index contributed by atoms with van der Waals surface area (Å²) in [7, 11) is 4.60. The highest BCUT2D eigenvalue weighted by Crippen LogP contribution is 2.34. The van der Waals surface area contributed by atoms with Crippen LogP contribution in [0.2, 0.25) is 15.1 Å². The predicted octanol–water partition coefficient (Wildman–Crippen LogP) is 18.2. The fourth-order valence-electron chi connectivity index (χ4n) is 10.6. The van der Waals surface area contributed by atoms with Crippen molar-refractivity contribution in [1.82, 2.24) is 29.3 Å². The van der Waals surface area contributed by atoms with Crippen LogP contribution in [0.25, 0.3) is 17.1 Å². The molecule has 0 aliphatic heterocycles. The van der Waals surface area contributed by atoms with Gasteiger partial charge in [0, 0.05) is 76.9 Å². The lowest BCUT2D eigenvalue weighted by Crippen LogP contribution is -2.10. The molecule has 11 aromatic rings. The molecule has 0 aliphatic rings. The minimum Gasteiger partial charge on any atom is -0.478 e. The van der Waals surface area contributed by atoms with Crippen molar-refractivity contribution in [2.75, 3.05) is 34.2 Å². The number of hydrogen-bond acceptors (Lipinski definition) is 19. The first kappa shape index (κ1) is 101. The van der Waals surface area contributed by atoms with Crippen molar-refractivity contribution >= 4 is 106 Å². The Labute approximate surface area is 709 Å². The number of aryl methyl sites for hydroxylation is 2. The van der Waals surface area contributed by atoms with Crippen LogP contribution in [0.3, 0.4) is 0 Å². The highest BCUT2D eigenvalue weighted by atomic mass is 35.5. The molecule has 24 nitrogen and oxygen atoms in total. The van der Waals surface area contributed by atoms with Gasteiger partial charge in [-0.2, -0.15) is 54.8 Å². The van der Waals surface area contributed by atoms with Crippen LogP contribution in [0, 0.1) is 39.2 Å². The minimum absolute atomic E-state index is 0. The van der Waals surface area contributed by atoms with Crippen molar-refractivity contribution in [3.63, 3.8) is 0 Å². The van der Waals surface area contributed by atoms with Gasteiger partial charge in [0.1, 0.15) is 46.4 Å². The zero-order chi connectivity index (χ0) is 90.8. The lowest BCUT2D eigenvalue weighted by atomic mass is 10.0. The molecule has 0 amide bonds. The third-order valence-corrected chi connectivity index (χ3v) is 17.0. The molecular formula is C81H67Cl4F14N9O15. The summed E-state index contributed by atoms with van der Waals surface area (Å²) in [6.07, 6.45) is -14.2. The summed E-state index contributed by atoms with van der Waals surface area (Å²) in [6.45, 7) is 1.38. The Bertz CT molecular complexity index is 5650. The third-order valence-electron chi connectivity index (χ3n) is 16.3. The summed E-state index contributed by atoms with van der Waals surface area (Å²) in [5.74, 6) is -9.36. The van der Waals surface area contributed by atoms with Crippen LogP contribution < -0.4 is 11.5 Å². The zero-order valence-electron chi connectivity index (χ0n) is 64.3. The first-order valence-corrected chi connectivity index (χ1v) is 35.8. The summed E-state index contributed by atoms with van der Waals surface area (Å²) >= 11 is 17.6. The van der Waals surface area contributed by atoms with E-state index in [1.807, 2.05) is 0 Å². The van der Waals surface area contributed by atoms with Crippen LogP contribution in [0.5, 0.6) is 0 Å². The topological polar surface area (TPSA) is 342 Å². The summed E-state index contributed by atoms with van der Waals surface area (Å²) < 4.78 is 205. The molecule has 0 spiro atoms. The number of nitro benzene ring substituents is 1. The largest absolute Gasteiger partial charge is 0.478 e. The zero-order valence-corrected chi connectivity index (χ0v) is 67.3. The fraction of sp³-hybridized carbons (Fsp3) is 0.198. The lowest BCUT2D eigenvalue weighted by molar-refractivity contribution is -0.385. The van der Waals surface area contributed by atoms with E-state index in [1.165, 1.54) is 93.9 Å². The number of benzene rings is 8. The number of non-ortho nitro benzene ring substituents is 1. The van der Waals surface area contributed by atoms with Crippen molar-refractivity contribution in [3.8, 4) is 17.1 Å². The van der Waals surface area contributed by atoms with Gasteiger partial charge >= 0.3 is 48.4 Å². The van der Waals surface area contributed by atoms with Gasteiger partial charge in [-0.25, -0.2) is 60.0 Å². The van der Waals surface area contributed by atoms with E-state index in [0.29, 0.717) is 49.3 Å². The van der Waals surface area contributed by atoms with Crippen LogP contribution in [0.1, 0.15) is 122 Å². The molecule has 5 N–H and O–H groups in total. The van der Waals surface area contributed by atoms with Crippen molar-refractivity contribution in [2.45, 2.75) is 76.9 Å². The van der Waals surface area contributed by atoms with Gasteiger partial charge < -0.3 is 35.5 Å². The monoisotopic (exact) mass is 1810 g/mol. The van der Waals surface area contributed by atoms with Gasteiger partial charge in [0.2, 0.25) is 0 Å². The van der Waals surface area contributed by atoms with E-state index in [4.69, 9.17) is 51.4 Å². The number of carbonyl (C=O) groups excluding carboxylic acids is 7. The highest BCUT2D eigenvalue weighted by Gasteiger charge is 2.38. The fourth-order valence-corrected chi connectivity index (χ4v) is 11.1.